The highest BCUT2D eigenvalue weighted by Crippen LogP contribution is 2.27. The Labute approximate surface area is 102 Å². The van der Waals surface area contributed by atoms with Gasteiger partial charge in [0.1, 0.15) is 5.01 Å². The van der Waals surface area contributed by atoms with Crippen LogP contribution in [0.2, 0.25) is 5.02 Å². The maximum absolute atomic E-state index is 11.7. The van der Waals surface area contributed by atoms with E-state index in [1.807, 2.05) is 11.4 Å². The summed E-state index contributed by atoms with van der Waals surface area (Å²) >= 11 is 7.37. The first-order valence-corrected chi connectivity index (χ1v) is 5.89. The monoisotopic (exact) mass is 252 g/mol. The minimum Gasteiger partial charge on any atom is -0.355 e. The van der Waals surface area contributed by atoms with Crippen LogP contribution in [-0.2, 0) is 0 Å². The zero-order valence-corrected chi connectivity index (χ0v) is 10.1. The molecule has 2 rings (SSSR count). The van der Waals surface area contributed by atoms with E-state index in [1.165, 1.54) is 11.3 Å². The molecule has 16 heavy (non-hydrogen) atoms. The van der Waals surface area contributed by atoms with E-state index in [0.29, 0.717) is 10.6 Å². The van der Waals surface area contributed by atoms with Gasteiger partial charge in [0.05, 0.1) is 5.56 Å². The minimum atomic E-state index is -0.160. The largest absolute Gasteiger partial charge is 0.355 e. The number of carbonyl (C=O) groups is 1. The number of amides is 1. The van der Waals surface area contributed by atoms with E-state index in [9.17, 15) is 4.79 Å². The Hall–Kier alpha value is -1.39. The first-order valence-electron chi connectivity index (χ1n) is 4.64. The summed E-state index contributed by atoms with van der Waals surface area (Å²) in [5, 5.41) is 5.82. The fourth-order valence-electron chi connectivity index (χ4n) is 1.38. The molecule has 0 fully saturated rings. The van der Waals surface area contributed by atoms with Crippen LogP contribution in [0.1, 0.15) is 10.4 Å². The average Bonchev–Trinajstić information content (AvgIpc) is 2.81. The second-order valence-electron chi connectivity index (χ2n) is 3.11. The molecule has 0 radical (unpaired) electrons. The standard InChI is InChI=1S/C11H9ClN2OS/c1-13-10(15)9-6-7(12)2-3-8(9)11-14-4-5-16-11/h2-6H,1H3,(H,13,15). The summed E-state index contributed by atoms with van der Waals surface area (Å²) in [5.74, 6) is -0.160. The molecule has 0 saturated heterocycles. The van der Waals surface area contributed by atoms with Crippen LogP contribution in [-0.4, -0.2) is 17.9 Å². The first-order chi connectivity index (χ1) is 7.72. The molecule has 5 heteroatoms. The summed E-state index contributed by atoms with van der Waals surface area (Å²) in [5.41, 5.74) is 1.35. The van der Waals surface area contributed by atoms with Crippen LogP contribution in [0.3, 0.4) is 0 Å². The van der Waals surface area contributed by atoms with Gasteiger partial charge < -0.3 is 5.32 Å². The van der Waals surface area contributed by atoms with Gasteiger partial charge in [-0.25, -0.2) is 4.98 Å². The Morgan fingerprint density at radius 2 is 2.31 bits per heavy atom. The van der Waals surface area contributed by atoms with Gasteiger partial charge in [0.15, 0.2) is 0 Å². The predicted octanol–water partition coefficient (Wildman–Crippen LogP) is 2.82. The van der Waals surface area contributed by atoms with Gasteiger partial charge in [0, 0.05) is 29.2 Å². The maximum Gasteiger partial charge on any atom is 0.251 e. The highest BCUT2D eigenvalue weighted by atomic mass is 35.5. The number of hydrogen-bond donors (Lipinski definition) is 1. The Kier molecular flexibility index (Phi) is 3.22. The average molecular weight is 253 g/mol. The molecule has 0 atom stereocenters. The Bertz CT molecular complexity index is 511. The maximum atomic E-state index is 11.7. The van der Waals surface area contributed by atoms with E-state index in [-0.39, 0.29) is 5.91 Å². The van der Waals surface area contributed by atoms with Gasteiger partial charge >= 0.3 is 0 Å². The zero-order chi connectivity index (χ0) is 11.5. The molecule has 1 aromatic carbocycles. The van der Waals surface area contributed by atoms with Gasteiger partial charge in [-0.05, 0) is 18.2 Å². The molecule has 0 aliphatic carbocycles. The van der Waals surface area contributed by atoms with Crippen LogP contribution in [0.4, 0.5) is 0 Å². The molecule has 3 nitrogen and oxygen atoms in total. The van der Waals surface area contributed by atoms with E-state index in [2.05, 4.69) is 10.3 Å². The molecular formula is C11H9ClN2OS. The lowest BCUT2D eigenvalue weighted by molar-refractivity contribution is 0.0963. The Morgan fingerprint density at radius 1 is 1.50 bits per heavy atom. The van der Waals surface area contributed by atoms with Crippen molar-refractivity contribution in [2.45, 2.75) is 0 Å². The molecule has 0 saturated carbocycles. The summed E-state index contributed by atoms with van der Waals surface area (Å²) in [7, 11) is 1.59. The fourth-order valence-corrected chi connectivity index (χ4v) is 2.23. The fraction of sp³-hybridized carbons (Fsp3) is 0.0909. The molecule has 82 valence electrons. The number of aromatic nitrogens is 1. The van der Waals surface area contributed by atoms with Crippen molar-refractivity contribution in [1.82, 2.24) is 10.3 Å². The number of thiazole rings is 1. The van der Waals surface area contributed by atoms with E-state index in [4.69, 9.17) is 11.6 Å². The molecule has 2 aromatic rings. The van der Waals surface area contributed by atoms with Gasteiger partial charge in [0.2, 0.25) is 0 Å². The Morgan fingerprint density at radius 3 is 2.94 bits per heavy atom. The van der Waals surface area contributed by atoms with Crippen molar-refractivity contribution in [1.29, 1.82) is 0 Å². The lowest BCUT2D eigenvalue weighted by Crippen LogP contribution is -2.18. The van der Waals surface area contributed by atoms with Crippen LogP contribution in [0.15, 0.2) is 29.8 Å². The van der Waals surface area contributed by atoms with Crippen molar-refractivity contribution in [2.24, 2.45) is 0 Å². The number of hydrogen-bond acceptors (Lipinski definition) is 3. The van der Waals surface area contributed by atoms with E-state index < -0.39 is 0 Å². The van der Waals surface area contributed by atoms with Gasteiger partial charge in [-0.1, -0.05) is 11.6 Å². The molecule has 0 unspecified atom stereocenters. The molecule has 0 spiro atoms. The molecule has 0 bridgehead atoms. The van der Waals surface area contributed by atoms with Gasteiger partial charge in [-0.2, -0.15) is 0 Å². The van der Waals surface area contributed by atoms with Crippen LogP contribution in [0, 0.1) is 0 Å². The van der Waals surface area contributed by atoms with Crippen LogP contribution in [0.25, 0.3) is 10.6 Å². The van der Waals surface area contributed by atoms with Crippen molar-refractivity contribution in [3.05, 3.63) is 40.4 Å². The lowest BCUT2D eigenvalue weighted by Gasteiger charge is -2.06. The second kappa shape index (κ2) is 4.63. The molecule has 0 aliphatic heterocycles. The van der Waals surface area contributed by atoms with Crippen LogP contribution in [0.5, 0.6) is 0 Å². The summed E-state index contributed by atoms with van der Waals surface area (Å²) in [4.78, 5) is 15.9. The first kappa shape index (κ1) is 11.1. The lowest BCUT2D eigenvalue weighted by atomic mass is 10.1. The molecule has 1 heterocycles. The molecular weight excluding hydrogens is 244 g/mol. The van der Waals surface area contributed by atoms with Gasteiger partial charge in [0.25, 0.3) is 5.91 Å². The third kappa shape index (κ3) is 2.08. The number of carbonyl (C=O) groups excluding carboxylic acids is 1. The number of nitrogens with zero attached hydrogens (tertiary/aromatic N) is 1. The van der Waals surface area contributed by atoms with Gasteiger partial charge in [-0.3, -0.25) is 4.79 Å². The smallest absolute Gasteiger partial charge is 0.251 e. The van der Waals surface area contributed by atoms with E-state index in [0.717, 1.165) is 10.6 Å². The minimum absolute atomic E-state index is 0.160. The van der Waals surface area contributed by atoms with Gasteiger partial charge in [-0.15, -0.1) is 11.3 Å². The zero-order valence-electron chi connectivity index (χ0n) is 8.53. The number of rotatable bonds is 2. The third-order valence-corrected chi connectivity index (χ3v) is 3.16. The summed E-state index contributed by atoms with van der Waals surface area (Å²) < 4.78 is 0. The summed E-state index contributed by atoms with van der Waals surface area (Å²) in [6, 6.07) is 5.22. The predicted molar refractivity (Wildman–Crippen MR) is 66.0 cm³/mol. The van der Waals surface area contributed by atoms with Crippen molar-refractivity contribution in [3.8, 4) is 10.6 Å². The molecule has 0 aliphatic rings. The number of benzene rings is 1. The normalized spacial score (nSPS) is 10.1. The number of nitrogens with one attached hydrogen (secondary N) is 1. The summed E-state index contributed by atoms with van der Waals surface area (Å²) in [6.07, 6.45) is 1.71. The highest BCUT2D eigenvalue weighted by Gasteiger charge is 2.13. The SMILES string of the molecule is CNC(=O)c1cc(Cl)ccc1-c1nccs1. The Balaban J connectivity index is 2.57. The molecule has 1 amide bonds. The third-order valence-electron chi connectivity index (χ3n) is 2.12. The van der Waals surface area contributed by atoms with Crippen molar-refractivity contribution in [3.63, 3.8) is 0 Å². The van der Waals surface area contributed by atoms with Crippen molar-refractivity contribution >= 4 is 28.8 Å². The summed E-state index contributed by atoms with van der Waals surface area (Å²) in [6.45, 7) is 0. The van der Waals surface area contributed by atoms with E-state index >= 15 is 0 Å². The van der Waals surface area contributed by atoms with Crippen LogP contribution >= 0.6 is 22.9 Å². The molecule has 1 aromatic heterocycles. The topological polar surface area (TPSA) is 42.0 Å². The van der Waals surface area contributed by atoms with E-state index in [1.54, 1.807) is 25.4 Å². The highest BCUT2D eigenvalue weighted by molar-refractivity contribution is 7.13. The molecule has 1 N–H and O–H groups in total. The number of halogens is 1. The quantitative estimate of drug-likeness (QED) is 0.893. The second-order valence-corrected chi connectivity index (χ2v) is 4.44. The van der Waals surface area contributed by atoms with Crippen molar-refractivity contribution in [2.75, 3.05) is 7.05 Å². The van der Waals surface area contributed by atoms with Crippen molar-refractivity contribution < 1.29 is 4.79 Å². The van der Waals surface area contributed by atoms with Crippen LogP contribution < -0.4 is 5.32 Å².